The second-order valence-corrected chi connectivity index (χ2v) is 6.58. The summed E-state index contributed by atoms with van der Waals surface area (Å²) in [5, 5.41) is 9.10. The molecule has 3 rings (SSSR count). The first-order valence-corrected chi connectivity index (χ1v) is 8.57. The van der Waals surface area contributed by atoms with E-state index in [0.717, 1.165) is 49.2 Å². The fourth-order valence-corrected chi connectivity index (χ4v) is 3.30. The van der Waals surface area contributed by atoms with Gasteiger partial charge in [-0.05, 0) is 48.9 Å². The number of aromatic nitrogens is 1. The lowest BCUT2D eigenvalue weighted by Crippen LogP contribution is -2.37. The highest BCUT2D eigenvalue weighted by Crippen LogP contribution is 2.23. The number of pyridine rings is 1. The summed E-state index contributed by atoms with van der Waals surface area (Å²) in [6.45, 7) is 3.29. The van der Waals surface area contributed by atoms with Crippen molar-refractivity contribution in [3.63, 3.8) is 0 Å². The zero-order valence-corrected chi connectivity index (χ0v) is 14.3. The van der Waals surface area contributed by atoms with Crippen molar-refractivity contribution >= 4 is 11.9 Å². The number of carboxylic acids is 1. The minimum atomic E-state index is -0.927. The Labute approximate surface area is 147 Å². The van der Waals surface area contributed by atoms with Gasteiger partial charge in [-0.25, -0.2) is 4.79 Å². The molecular formula is C20H22N2O3. The molecule has 1 amide bonds. The molecule has 25 heavy (non-hydrogen) atoms. The fraction of sp³-hybridized carbons (Fsp3) is 0.350. The van der Waals surface area contributed by atoms with Crippen molar-refractivity contribution in [1.82, 2.24) is 9.88 Å². The quantitative estimate of drug-likeness (QED) is 0.929. The molecule has 1 fully saturated rings. The molecule has 1 saturated heterocycles. The number of hydrogen-bond acceptors (Lipinski definition) is 3. The molecule has 0 atom stereocenters. The average Bonchev–Trinajstić information content (AvgIpc) is 2.63. The van der Waals surface area contributed by atoms with Gasteiger partial charge in [-0.2, -0.15) is 0 Å². The van der Waals surface area contributed by atoms with Crippen LogP contribution in [0.3, 0.4) is 0 Å². The summed E-state index contributed by atoms with van der Waals surface area (Å²) in [5.41, 5.74) is 3.09. The number of carboxylic acid groups (broad SMARTS) is 1. The zero-order chi connectivity index (χ0) is 17.8. The monoisotopic (exact) mass is 338 g/mol. The van der Waals surface area contributed by atoms with Crippen molar-refractivity contribution in [3.05, 3.63) is 53.9 Å². The third-order valence-corrected chi connectivity index (χ3v) is 4.83. The van der Waals surface area contributed by atoms with Gasteiger partial charge in [0, 0.05) is 37.5 Å². The molecule has 1 aliphatic rings. The summed E-state index contributed by atoms with van der Waals surface area (Å²) >= 11 is 0. The summed E-state index contributed by atoms with van der Waals surface area (Å²) in [5.74, 6) is -0.211. The summed E-state index contributed by atoms with van der Waals surface area (Å²) in [6.07, 6.45) is 4.76. The van der Waals surface area contributed by atoms with Crippen molar-refractivity contribution in [3.8, 4) is 11.1 Å². The first kappa shape index (κ1) is 17.1. The maximum Gasteiger partial charge on any atom is 0.335 e. The normalized spacial score (nSPS) is 15.2. The predicted molar refractivity (Wildman–Crippen MR) is 95.3 cm³/mol. The lowest BCUT2D eigenvalue weighted by Gasteiger charge is -2.31. The lowest BCUT2D eigenvalue weighted by atomic mass is 9.91. The largest absolute Gasteiger partial charge is 0.478 e. The predicted octanol–water partition coefficient (Wildman–Crippen LogP) is 3.25. The second-order valence-electron chi connectivity index (χ2n) is 6.58. The minimum absolute atomic E-state index is 0.157. The van der Waals surface area contributed by atoms with Gasteiger partial charge in [-0.15, -0.1) is 0 Å². The molecule has 0 spiro atoms. The van der Waals surface area contributed by atoms with Gasteiger partial charge < -0.3 is 10.0 Å². The van der Waals surface area contributed by atoms with Crippen LogP contribution >= 0.6 is 0 Å². The number of rotatable bonds is 4. The molecule has 1 aliphatic heterocycles. The number of carbonyl (C=O) groups is 2. The third kappa shape index (κ3) is 4.24. The molecule has 130 valence electrons. The van der Waals surface area contributed by atoms with E-state index in [1.54, 1.807) is 31.3 Å². The Morgan fingerprint density at radius 2 is 1.92 bits per heavy atom. The molecule has 1 aromatic carbocycles. The van der Waals surface area contributed by atoms with Gasteiger partial charge in [0.05, 0.1) is 5.56 Å². The van der Waals surface area contributed by atoms with Gasteiger partial charge in [0.1, 0.15) is 0 Å². The van der Waals surface area contributed by atoms with Crippen LogP contribution in [0, 0.1) is 5.92 Å². The second kappa shape index (κ2) is 7.47. The number of carbonyl (C=O) groups excluding carboxylic acids is 1. The summed E-state index contributed by atoms with van der Waals surface area (Å²) in [6, 6.07) is 10.9. The van der Waals surface area contributed by atoms with Crippen LogP contribution in [-0.4, -0.2) is 40.0 Å². The number of piperidine rings is 1. The number of aromatic carboxylic acids is 1. The van der Waals surface area contributed by atoms with Crippen molar-refractivity contribution in [2.24, 2.45) is 5.92 Å². The molecule has 0 bridgehead atoms. The van der Waals surface area contributed by atoms with Gasteiger partial charge in [-0.3, -0.25) is 9.78 Å². The van der Waals surface area contributed by atoms with Crippen LogP contribution in [0.2, 0.25) is 0 Å². The van der Waals surface area contributed by atoms with E-state index in [1.165, 1.54) is 0 Å². The minimum Gasteiger partial charge on any atom is -0.478 e. The van der Waals surface area contributed by atoms with E-state index in [0.29, 0.717) is 5.92 Å². The highest BCUT2D eigenvalue weighted by molar-refractivity contribution is 5.89. The Bertz CT molecular complexity index is 763. The van der Waals surface area contributed by atoms with Gasteiger partial charge in [0.25, 0.3) is 0 Å². The van der Waals surface area contributed by atoms with E-state index in [2.05, 4.69) is 4.98 Å². The molecule has 5 nitrogen and oxygen atoms in total. The Morgan fingerprint density at radius 3 is 2.52 bits per heavy atom. The van der Waals surface area contributed by atoms with Crippen LogP contribution in [-0.2, 0) is 11.2 Å². The number of hydrogen-bond donors (Lipinski definition) is 1. The Hall–Kier alpha value is -2.69. The molecule has 0 aliphatic carbocycles. The zero-order valence-electron chi connectivity index (χ0n) is 14.3. The fourth-order valence-electron chi connectivity index (χ4n) is 3.30. The standard InChI is InChI=1S/C20H22N2O3/c1-14(23)22-9-7-15(8-10-22)11-19-6-5-18(13-21-19)16-3-2-4-17(12-16)20(24)25/h2-6,12-13,15H,7-11H2,1H3,(H,24,25). The molecule has 2 heterocycles. The van der Waals surface area contributed by atoms with Crippen molar-refractivity contribution in [1.29, 1.82) is 0 Å². The van der Waals surface area contributed by atoms with Crippen LogP contribution in [0.25, 0.3) is 11.1 Å². The van der Waals surface area contributed by atoms with E-state index in [-0.39, 0.29) is 11.5 Å². The van der Waals surface area contributed by atoms with E-state index in [9.17, 15) is 9.59 Å². The highest BCUT2D eigenvalue weighted by Gasteiger charge is 2.21. The summed E-state index contributed by atoms with van der Waals surface area (Å²) in [4.78, 5) is 28.9. The van der Waals surface area contributed by atoms with E-state index >= 15 is 0 Å². The third-order valence-electron chi connectivity index (χ3n) is 4.83. The smallest absolute Gasteiger partial charge is 0.335 e. The van der Waals surface area contributed by atoms with Gasteiger partial charge in [0.15, 0.2) is 0 Å². The molecule has 5 heteroatoms. The first-order chi connectivity index (χ1) is 12.0. The summed E-state index contributed by atoms with van der Waals surface area (Å²) < 4.78 is 0. The molecule has 0 saturated carbocycles. The lowest BCUT2D eigenvalue weighted by molar-refractivity contribution is -0.130. The van der Waals surface area contributed by atoms with Crippen LogP contribution < -0.4 is 0 Å². The number of likely N-dealkylation sites (tertiary alicyclic amines) is 1. The van der Waals surface area contributed by atoms with Gasteiger partial charge in [0.2, 0.25) is 5.91 Å². The van der Waals surface area contributed by atoms with E-state index < -0.39 is 5.97 Å². The SMILES string of the molecule is CC(=O)N1CCC(Cc2ccc(-c3cccc(C(=O)O)c3)cn2)CC1. The molecular weight excluding hydrogens is 316 g/mol. The molecule has 2 aromatic rings. The number of nitrogens with zero attached hydrogens (tertiary/aromatic N) is 2. The van der Waals surface area contributed by atoms with Crippen molar-refractivity contribution in [2.75, 3.05) is 13.1 Å². The van der Waals surface area contributed by atoms with Gasteiger partial charge in [-0.1, -0.05) is 18.2 Å². The highest BCUT2D eigenvalue weighted by atomic mass is 16.4. The Kier molecular flexibility index (Phi) is 5.12. The maximum absolute atomic E-state index is 11.4. The van der Waals surface area contributed by atoms with Crippen molar-refractivity contribution in [2.45, 2.75) is 26.2 Å². The average molecular weight is 338 g/mol. The number of benzene rings is 1. The molecule has 1 N–H and O–H groups in total. The molecule has 1 aromatic heterocycles. The van der Waals surface area contributed by atoms with Crippen LogP contribution in [0.1, 0.15) is 35.8 Å². The van der Waals surface area contributed by atoms with Crippen LogP contribution in [0.5, 0.6) is 0 Å². The molecule has 0 radical (unpaired) electrons. The van der Waals surface area contributed by atoms with Crippen molar-refractivity contribution < 1.29 is 14.7 Å². The van der Waals surface area contributed by atoms with Crippen LogP contribution in [0.4, 0.5) is 0 Å². The van der Waals surface area contributed by atoms with Crippen LogP contribution in [0.15, 0.2) is 42.6 Å². The Morgan fingerprint density at radius 1 is 1.16 bits per heavy atom. The topological polar surface area (TPSA) is 70.5 Å². The maximum atomic E-state index is 11.4. The van der Waals surface area contributed by atoms with E-state index in [4.69, 9.17) is 5.11 Å². The van der Waals surface area contributed by atoms with E-state index in [1.807, 2.05) is 23.1 Å². The van der Waals surface area contributed by atoms with Gasteiger partial charge >= 0.3 is 5.97 Å². The molecule has 0 unspecified atom stereocenters. The first-order valence-electron chi connectivity index (χ1n) is 8.57. The Balaban J connectivity index is 1.64. The summed E-state index contributed by atoms with van der Waals surface area (Å²) in [7, 11) is 0. The number of amides is 1.